The van der Waals surface area contributed by atoms with Crippen molar-refractivity contribution in [2.24, 2.45) is 11.8 Å². The lowest BCUT2D eigenvalue weighted by atomic mass is 10.00. The number of thiophene rings is 2. The molecule has 2 aromatic heterocycles. The molecule has 4 aromatic rings. The molecule has 4 rings (SSSR count). The summed E-state index contributed by atoms with van der Waals surface area (Å²) in [5.74, 6) is -4.06. The Balaban J connectivity index is 1.51. The number of fused-ring (bicyclic) bond motifs is 2. The normalized spacial score (nSPS) is 12.7. The van der Waals surface area contributed by atoms with Gasteiger partial charge in [0.2, 0.25) is 0 Å². The molecule has 2 aromatic carbocycles. The second-order valence-electron chi connectivity index (χ2n) is 10.6. The van der Waals surface area contributed by atoms with Crippen LogP contribution in [-0.2, 0) is 16.0 Å². The standard InChI is InChI=1S/C32H32F2O8S2/c1-15(17(3)35)9-21(36)28-12-20-26(44-28)14-24(41-5)31(30(20)34)42-8-6-7-18-23(40-4)13-25-19(29(18)33)11-27(43-25)22(37)10-16(2)32(38)39/h11-16H,6-10H2,1-5H3,(H,38,39)/t15-,16-/m0/s1. The van der Waals surface area contributed by atoms with Crippen LogP contribution >= 0.6 is 22.7 Å². The van der Waals surface area contributed by atoms with E-state index in [1.807, 2.05) is 0 Å². The predicted octanol–water partition coefficient (Wildman–Crippen LogP) is 7.51. The van der Waals surface area contributed by atoms with Crippen LogP contribution in [0.4, 0.5) is 8.78 Å². The van der Waals surface area contributed by atoms with Crippen molar-refractivity contribution >= 4 is 66.2 Å². The molecular formula is C32H32F2O8S2. The molecule has 0 aliphatic rings. The third kappa shape index (κ3) is 6.91. The lowest BCUT2D eigenvalue weighted by Gasteiger charge is -2.14. The Labute approximate surface area is 260 Å². The number of benzene rings is 2. The topological polar surface area (TPSA) is 116 Å². The largest absolute Gasteiger partial charge is 0.496 e. The molecule has 0 unspecified atom stereocenters. The number of carbonyl (C=O) groups excluding carboxylic acids is 3. The van der Waals surface area contributed by atoms with Gasteiger partial charge in [0.1, 0.15) is 17.3 Å². The molecule has 0 aliphatic heterocycles. The zero-order valence-electron chi connectivity index (χ0n) is 24.9. The van der Waals surface area contributed by atoms with Crippen molar-refractivity contribution in [3.63, 3.8) is 0 Å². The minimum absolute atomic E-state index is 0.00587. The fraction of sp³-hybridized carbons (Fsp3) is 0.375. The molecule has 1 N–H and O–H groups in total. The van der Waals surface area contributed by atoms with E-state index in [-0.39, 0.29) is 88.1 Å². The van der Waals surface area contributed by atoms with E-state index in [1.165, 1.54) is 40.2 Å². The average molecular weight is 647 g/mol. The summed E-state index contributed by atoms with van der Waals surface area (Å²) in [6, 6.07) is 6.11. The van der Waals surface area contributed by atoms with E-state index in [1.54, 1.807) is 19.1 Å². The van der Waals surface area contributed by atoms with Gasteiger partial charge in [0.15, 0.2) is 28.9 Å². The first-order valence-electron chi connectivity index (χ1n) is 13.9. The van der Waals surface area contributed by atoms with E-state index in [4.69, 9.17) is 19.3 Å². The summed E-state index contributed by atoms with van der Waals surface area (Å²) in [5.41, 5.74) is 0.267. The van der Waals surface area contributed by atoms with Gasteiger partial charge in [-0.1, -0.05) is 13.8 Å². The van der Waals surface area contributed by atoms with Gasteiger partial charge in [-0.2, -0.15) is 0 Å². The van der Waals surface area contributed by atoms with E-state index < -0.39 is 29.4 Å². The smallest absolute Gasteiger partial charge is 0.306 e. The Morgan fingerprint density at radius 3 is 1.86 bits per heavy atom. The number of ether oxygens (including phenoxy) is 3. The molecule has 0 radical (unpaired) electrons. The molecule has 12 heteroatoms. The molecule has 8 nitrogen and oxygen atoms in total. The third-order valence-electron chi connectivity index (χ3n) is 7.41. The summed E-state index contributed by atoms with van der Waals surface area (Å²) >= 11 is 2.19. The lowest BCUT2D eigenvalue weighted by molar-refractivity contribution is -0.141. The highest BCUT2D eigenvalue weighted by Gasteiger charge is 2.24. The van der Waals surface area contributed by atoms with Gasteiger partial charge >= 0.3 is 5.97 Å². The summed E-state index contributed by atoms with van der Waals surface area (Å²) in [4.78, 5) is 48.6. The predicted molar refractivity (Wildman–Crippen MR) is 165 cm³/mol. The van der Waals surface area contributed by atoms with E-state index in [0.29, 0.717) is 14.3 Å². The number of rotatable bonds is 15. The van der Waals surface area contributed by atoms with Crippen LogP contribution < -0.4 is 14.2 Å². The van der Waals surface area contributed by atoms with E-state index in [2.05, 4.69) is 0 Å². The Bertz CT molecular complexity index is 1630. The highest BCUT2D eigenvalue weighted by Crippen LogP contribution is 2.41. The summed E-state index contributed by atoms with van der Waals surface area (Å²) in [5, 5.41) is 9.54. The molecule has 0 saturated carbocycles. The monoisotopic (exact) mass is 646 g/mol. The van der Waals surface area contributed by atoms with Gasteiger partial charge in [-0.05, 0) is 38.0 Å². The first kappa shape index (κ1) is 33.0. The van der Waals surface area contributed by atoms with Crippen LogP contribution in [0.5, 0.6) is 17.2 Å². The molecule has 0 spiro atoms. The Morgan fingerprint density at radius 2 is 1.34 bits per heavy atom. The fourth-order valence-corrected chi connectivity index (χ4v) is 6.72. The number of Topliss-reactive ketones (excluding diaryl/α,β-unsaturated/α-hetero) is 3. The lowest BCUT2D eigenvalue weighted by Crippen LogP contribution is -2.13. The summed E-state index contributed by atoms with van der Waals surface area (Å²) in [6.07, 6.45) is 0.293. The number of ketones is 3. The van der Waals surface area contributed by atoms with Gasteiger partial charge in [0.05, 0.1) is 36.5 Å². The maximum absolute atomic E-state index is 15.6. The van der Waals surface area contributed by atoms with Crippen LogP contribution in [-0.4, -0.2) is 49.3 Å². The van der Waals surface area contributed by atoms with Gasteiger partial charge in [0.25, 0.3) is 0 Å². The van der Waals surface area contributed by atoms with Crippen molar-refractivity contribution in [1.82, 2.24) is 0 Å². The zero-order valence-corrected chi connectivity index (χ0v) is 26.5. The van der Waals surface area contributed by atoms with E-state index in [9.17, 15) is 19.2 Å². The minimum Gasteiger partial charge on any atom is -0.496 e. The first-order chi connectivity index (χ1) is 20.9. The quantitative estimate of drug-likeness (QED) is 0.104. The molecule has 0 aliphatic carbocycles. The van der Waals surface area contributed by atoms with Crippen molar-refractivity contribution in [3.05, 3.63) is 51.2 Å². The molecule has 2 heterocycles. The third-order valence-corrected chi connectivity index (χ3v) is 9.66. The van der Waals surface area contributed by atoms with Crippen molar-refractivity contribution in [1.29, 1.82) is 0 Å². The number of halogens is 2. The highest BCUT2D eigenvalue weighted by molar-refractivity contribution is 7.21. The minimum atomic E-state index is -1.08. The van der Waals surface area contributed by atoms with Gasteiger partial charge in [-0.15, -0.1) is 22.7 Å². The van der Waals surface area contributed by atoms with Crippen molar-refractivity contribution in [3.8, 4) is 17.2 Å². The van der Waals surface area contributed by atoms with Crippen LogP contribution in [0, 0.1) is 23.5 Å². The summed E-state index contributed by atoms with van der Waals surface area (Å²) in [6.45, 7) is 4.54. The SMILES string of the molecule is COc1cc2sc(C(=O)C[C@H](C)C(=O)O)cc2c(F)c1CCCOc1c(OC)cc2sc(C(=O)C[C@H](C)C(C)=O)cc2c1F. The maximum atomic E-state index is 15.6. The van der Waals surface area contributed by atoms with Crippen molar-refractivity contribution < 1.29 is 47.3 Å². The highest BCUT2D eigenvalue weighted by atomic mass is 32.1. The van der Waals surface area contributed by atoms with E-state index >= 15 is 8.78 Å². The van der Waals surface area contributed by atoms with Crippen molar-refractivity contribution in [2.45, 2.75) is 46.5 Å². The number of carboxylic acids is 1. The Morgan fingerprint density at radius 1 is 0.818 bits per heavy atom. The molecule has 0 fully saturated rings. The number of hydrogen-bond donors (Lipinski definition) is 1. The number of aliphatic carboxylic acids is 1. The number of hydrogen-bond acceptors (Lipinski definition) is 9. The summed E-state index contributed by atoms with van der Waals surface area (Å²) < 4.78 is 48.7. The van der Waals surface area contributed by atoms with Gasteiger partial charge < -0.3 is 19.3 Å². The molecule has 0 amide bonds. The Hall–Kier alpha value is -3.90. The Kier molecular flexibility index (Phi) is 10.4. The maximum Gasteiger partial charge on any atom is 0.306 e. The first-order valence-corrected chi connectivity index (χ1v) is 15.5. The van der Waals surface area contributed by atoms with Crippen LogP contribution in [0.15, 0.2) is 24.3 Å². The van der Waals surface area contributed by atoms with Crippen LogP contribution in [0.3, 0.4) is 0 Å². The summed E-state index contributed by atoms with van der Waals surface area (Å²) in [7, 11) is 2.78. The van der Waals surface area contributed by atoms with Gasteiger partial charge in [0, 0.05) is 50.6 Å². The van der Waals surface area contributed by atoms with Crippen molar-refractivity contribution in [2.75, 3.05) is 20.8 Å². The van der Waals surface area contributed by atoms with Gasteiger partial charge in [-0.25, -0.2) is 8.78 Å². The second-order valence-corrected chi connectivity index (χ2v) is 12.8. The molecule has 0 saturated heterocycles. The zero-order chi connectivity index (χ0) is 32.3. The molecule has 0 bridgehead atoms. The van der Waals surface area contributed by atoms with Crippen LogP contribution in [0.25, 0.3) is 20.2 Å². The molecule has 44 heavy (non-hydrogen) atoms. The number of carbonyl (C=O) groups is 4. The van der Waals surface area contributed by atoms with E-state index in [0.717, 1.165) is 22.7 Å². The molecule has 234 valence electrons. The van der Waals surface area contributed by atoms with Crippen LogP contribution in [0.2, 0.25) is 0 Å². The second kappa shape index (κ2) is 13.8. The number of carboxylic acid groups (broad SMARTS) is 1. The average Bonchev–Trinajstić information content (AvgIpc) is 3.62. The van der Waals surface area contributed by atoms with Gasteiger partial charge in [-0.3, -0.25) is 19.2 Å². The van der Waals surface area contributed by atoms with Crippen LogP contribution in [0.1, 0.15) is 64.9 Å². The molecular weight excluding hydrogens is 614 g/mol. The fourth-order valence-electron chi connectivity index (χ4n) is 4.65. The number of methoxy groups -OCH3 is 2. The molecule has 2 atom stereocenters.